The molecule has 0 bridgehead atoms. The Morgan fingerprint density at radius 2 is 1.41 bits per heavy atom. The third kappa shape index (κ3) is 4.95. The predicted molar refractivity (Wildman–Crippen MR) is 72.9 cm³/mol. The summed E-state index contributed by atoms with van der Waals surface area (Å²) in [7, 11) is -3.58. The second-order valence-corrected chi connectivity index (χ2v) is 7.80. The Bertz CT molecular complexity index is 428. The van der Waals surface area contributed by atoms with Gasteiger partial charge in [-0.05, 0) is 34.6 Å². The molecule has 2 N–H and O–H groups in total. The maximum atomic E-state index is 11.4. The molecule has 6 nitrogen and oxygen atoms in total. The summed E-state index contributed by atoms with van der Waals surface area (Å²) in [5.74, 6) is 0.416. The molecule has 1 aliphatic rings. The van der Waals surface area contributed by atoms with Crippen LogP contribution in [0, 0.1) is 0 Å². The van der Waals surface area contributed by atoms with Gasteiger partial charge in [0, 0.05) is 0 Å². The van der Waals surface area contributed by atoms with Crippen molar-refractivity contribution in [2.45, 2.75) is 45.0 Å². The maximum absolute atomic E-state index is 11.4. The van der Waals surface area contributed by atoms with Crippen LogP contribution in [-0.4, -0.2) is 30.5 Å². The lowest BCUT2D eigenvalue weighted by Crippen LogP contribution is -2.29. The Balaban J connectivity index is 3.20. The molecule has 0 amide bonds. The standard InChI is InChI=1S/C9H18N4O2S2/c1-8(2,3)10-6-7(11-9(4,5)16)13-17(14,15)12-6/h16H,1-5H3,(H,10,12)(H,11,13). The minimum Gasteiger partial charge on any atom is -0.259 e. The van der Waals surface area contributed by atoms with Gasteiger partial charge in [0.15, 0.2) is 11.7 Å². The summed E-state index contributed by atoms with van der Waals surface area (Å²) in [6.07, 6.45) is 0. The molecule has 0 aromatic rings. The molecular weight excluding hydrogens is 260 g/mol. The number of thiol groups is 1. The number of nitrogens with one attached hydrogen (secondary N) is 2. The minimum atomic E-state index is -3.58. The zero-order valence-corrected chi connectivity index (χ0v) is 12.3. The highest BCUT2D eigenvalue weighted by Crippen LogP contribution is 2.15. The van der Waals surface area contributed by atoms with Crippen molar-refractivity contribution in [1.29, 1.82) is 0 Å². The minimum absolute atomic E-state index is 0.194. The third-order valence-corrected chi connectivity index (χ3v) is 2.54. The molecule has 0 saturated carbocycles. The molecule has 0 aromatic carbocycles. The van der Waals surface area contributed by atoms with Crippen molar-refractivity contribution in [3.05, 3.63) is 0 Å². The normalized spacial score (nSPS) is 24.8. The van der Waals surface area contributed by atoms with Gasteiger partial charge in [-0.3, -0.25) is 4.99 Å². The van der Waals surface area contributed by atoms with Crippen LogP contribution in [0.5, 0.6) is 0 Å². The van der Waals surface area contributed by atoms with E-state index in [1.165, 1.54) is 0 Å². The predicted octanol–water partition coefficient (Wildman–Crippen LogP) is 0.685. The first-order valence-electron chi connectivity index (χ1n) is 5.11. The SMILES string of the molecule is CC(C)(C)N=C1NS(=O)(=O)NC1=NC(C)(C)S. The van der Waals surface area contributed by atoms with E-state index in [2.05, 4.69) is 32.1 Å². The number of hydrogen-bond acceptors (Lipinski definition) is 5. The third-order valence-electron chi connectivity index (χ3n) is 1.52. The number of hydrogen-bond donors (Lipinski definition) is 3. The zero-order valence-electron chi connectivity index (χ0n) is 10.6. The van der Waals surface area contributed by atoms with Gasteiger partial charge in [0.1, 0.15) is 0 Å². The molecule has 1 fully saturated rings. The first kappa shape index (κ1) is 14.3. The van der Waals surface area contributed by atoms with Gasteiger partial charge in [0.25, 0.3) is 0 Å². The van der Waals surface area contributed by atoms with Gasteiger partial charge in [-0.15, -0.1) is 12.6 Å². The average Bonchev–Trinajstić information content (AvgIpc) is 2.17. The van der Waals surface area contributed by atoms with Gasteiger partial charge < -0.3 is 0 Å². The molecule has 0 radical (unpaired) electrons. The van der Waals surface area contributed by atoms with Gasteiger partial charge in [-0.1, -0.05) is 0 Å². The fourth-order valence-electron chi connectivity index (χ4n) is 1.14. The topological polar surface area (TPSA) is 82.9 Å². The van der Waals surface area contributed by atoms with E-state index in [0.717, 1.165) is 0 Å². The van der Waals surface area contributed by atoms with Crippen LogP contribution < -0.4 is 9.44 Å². The van der Waals surface area contributed by atoms with E-state index in [1.54, 1.807) is 13.8 Å². The molecule has 98 valence electrons. The van der Waals surface area contributed by atoms with E-state index >= 15 is 0 Å². The van der Waals surface area contributed by atoms with Crippen LogP contribution in [0.1, 0.15) is 34.6 Å². The number of amidine groups is 2. The molecule has 1 heterocycles. The van der Waals surface area contributed by atoms with Crippen LogP contribution in [0.3, 0.4) is 0 Å². The summed E-state index contributed by atoms with van der Waals surface area (Å²) in [6, 6.07) is 0. The van der Waals surface area contributed by atoms with Crippen LogP contribution in [0.4, 0.5) is 0 Å². The van der Waals surface area contributed by atoms with Crippen molar-refractivity contribution < 1.29 is 8.42 Å². The molecule has 0 aromatic heterocycles. The first-order chi connectivity index (χ1) is 7.38. The smallest absolute Gasteiger partial charge is 0.259 e. The molecule has 0 unspecified atom stereocenters. The van der Waals surface area contributed by atoms with Crippen molar-refractivity contribution in [1.82, 2.24) is 9.44 Å². The lowest BCUT2D eigenvalue weighted by Gasteiger charge is -2.15. The van der Waals surface area contributed by atoms with Gasteiger partial charge in [-0.25, -0.2) is 14.4 Å². The van der Waals surface area contributed by atoms with Crippen molar-refractivity contribution in [3.63, 3.8) is 0 Å². The summed E-state index contributed by atoms with van der Waals surface area (Å²) < 4.78 is 27.4. The van der Waals surface area contributed by atoms with E-state index in [4.69, 9.17) is 0 Å². The highest BCUT2D eigenvalue weighted by atomic mass is 32.2. The Morgan fingerprint density at radius 1 is 1.00 bits per heavy atom. The van der Waals surface area contributed by atoms with Crippen LogP contribution in [0.25, 0.3) is 0 Å². The highest BCUT2D eigenvalue weighted by molar-refractivity contribution is 7.89. The van der Waals surface area contributed by atoms with Crippen LogP contribution in [0.15, 0.2) is 9.98 Å². The summed E-state index contributed by atoms with van der Waals surface area (Å²) in [5, 5.41) is 0. The van der Waals surface area contributed by atoms with E-state index in [9.17, 15) is 8.42 Å². The van der Waals surface area contributed by atoms with E-state index < -0.39 is 20.6 Å². The van der Waals surface area contributed by atoms with Gasteiger partial charge in [0.2, 0.25) is 0 Å². The van der Waals surface area contributed by atoms with Crippen molar-refractivity contribution in [2.24, 2.45) is 9.98 Å². The van der Waals surface area contributed by atoms with Crippen LogP contribution >= 0.6 is 12.6 Å². The van der Waals surface area contributed by atoms with Crippen LogP contribution in [0.2, 0.25) is 0 Å². The highest BCUT2D eigenvalue weighted by Gasteiger charge is 2.31. The summed E-state index contributed by atoms with van der Waals surface area (Å²) in [6.45, 7) is 9.12. The van der Waals surface area contributed by atoms with Crippen molar-refractivity contribution in [3.8, 4) is 0 Å². The lowest BCUT2D eigenvalue weighted by molar-refractivity contribution is 0.581. The Labute approximate surface area is 108 Å². The maximum Gasteiger partial charge on any atom is 0.324 e. The fourth-order valence-corrected chi connectivity index (χ4v) is 2.08. The largest absolute Gasteiger partial charge is 0.324 e. The summed E-state index contributed by atoms with van der Waals surface area (Å²) in [5.41, 5.74) is -0.397. The summed E-state index contributed by atoms with van der Waals surface area (Å²) >= 11 is 4.23. The Morgan fingerprint density at radius 3 is 1.76 bits per heavy atom. The monoisotopic (exact) mass is 278 g/mol. The van der Waals surface area contributed by atoms with Gasteiger partial charge >= 0.3 is 10.2 Å². The second kappa shape index (κ2) is 4.16. The molecule has 0 atom stereocenters. The molecular formula is C9H18N4O2S2. The van der Waals surface area contributed by atoms with E-state index in [1.807, 2.05) is 20.8 Å². The van der Waals surface area contributed by atoms with Gasteiger partial charge in [-0.2, -0.15) is 8.42 Å². The molecule has 8 heteroatoms. The second-order valence-electron chi connectivity index (χ2n) is 5.29. The van der Waals surface area contributed by atoms with Crippen molar-refractivity contribution >= 4 is 34.5 Å². The van der Waals surface area contributed by atoms with Gasteiger partial charge in [0.05, 0.1) is 10.4 Å². The first-order valence-corrected chi connectivity index (χ1v) is 7.04. The van der Waals surface area contributed by atoms with Crippen LogP contribution in [-0.2, 0) is 10.2 Å². The Hall–Kier alpha value is -0.760. The lowest BCUT2D eigenvalue weighted by atomic mass is 10.1. The molecule has 1 rings (SSSR count). The molecule has 1 saturated heterocycles. The number of rotatable bonds is 1. The number of nitrogens with zero attached hydrogens (tertiary/aromatic N) is 2. The molecule has 0 spiro atoms. The Kier molecular flexibility index (Phi) is 3.50. The molecule has 17 heavy (non-hydrogen) atoms. The zero-order chi connectivity index (χ0) is 13.5. The van der Waals surface area contributed by atoms with E-state index in [-0.39, 0.29) is 11.7 Å². The van der Waals surface area contributed by atoms with Crippen molar-refractivity contribution in [2.75, 3.05) is 0 Å². The summed E-state index contributed by atoms with van der Waals surface area (Å²) in [4.78, 5) is 7.76. The van der Waals surface area contributed by atoms with E-state index in [0.29, 0.717) is 0 Å². The number of aliphatic imine (C=N–C) groups is 2. The average molecular weight is 278 g/mol. The molecule has 0 aliphatic carbocycles. The fraction of sp³-hybridized carbons (Fsp3) is 0.778. The quantitative estimate of drug-likeness (QED) is 0.617. The molecule has 1 aliphatic heterocycles.